The van der Waals surface area contributed by atoms with E-state index in [1.165, 1.54) is 0 Å². The van der Waals surface area contributed by atoms with Crippen molar-refractivity contribution in [3.8, 4) is 0 Å². The van der Waals surface area contributed by atoms with E-state index in [0.717, 1.165) is 0 Å². The summed E-state index contributed by atoms with van der Waals surface area (Å²) in [6.45, 7) is -1.70. The highest BCUT2D eigenvalue weighted by Gasteiger charge is 2.31. The Morgan fingerprint density at radius 3 is 1.70 bits per heavy atom. The lowest BCUT2D eigenvalue weighted by molar-refractivity contribution is -0.144. The van der Waals surface area contributed by atoms with E-state index in [4.69, 9.17) is 26.8 Å². The maximum Gasteiger partial charge on any atom is 0.326 e. The molecule has 170 valence electrons. The standard InChI is InChI=1S/C15H25N5O10/c16-6(4-21)12(26)20-9(5-22)14(28)19-8(3-11(24)25)13(27)18-7(15(29)30)1-2-10(17)23/h6-9,21-22H,1-5,16H2,(H2,17,23)(H,18,27)(H,19,28)(H,20,26)(H,24,25)(H,29,30)/t6-,7-,8-,9-/m0/s1. The Balaban J connectivity index is 5.27. The van der Waals surface area contributed by atoms with Gasteiger partial charge in [0.1, 0.15) is 24.2 Å². The molecule has 0 spiro atoms. The van der Waals surface area contributed by atoms with Gasteiger partial charge in [-0.2, -0.15) is 0 Å². The van der Waals surface area contributed by atoms with Gasteiger partial charge in [0.05, 0.1) is 19.6 Å². The van der Waals surface area contributed by atoms with Crippen molar-refractivity contribution in [3.05, 3.63) is 0 Å². The molecule has 0 aromatic heterocycles. The molecule has 0 aromatic carbocycles. The first-order chi connectivity index (χ1) is 13.9. The molecular formula is C15H25N5O10. The first-order valence-electron chi connectivity index (χ1n) is 8.54. The van der Waals surface area contributed by atoms with Crippen LogP contribution in [0.25, 0.3) is 0 Å². The zero-order valence-corrected chi connectivity index (χ0v) is 15.7. The van der Waals surface area contributed by atoms with E-state index < -0.39 is 79.4 Å². The van der Waals surface area contributed by atoms with E-state index in [1.54, 1.807) is 0 Å². The van der Waals surface area contributed by atoms with E-state index in [-0.39, 0.29) is 12.8 Å². The smallest absolute Gasteiger partial charge is 0.326 e. The van der Waals surface area contributed by atoms with Gasteiger partial charge in [-0.05, 0) is 6.42 Å². The van der Waals surface area contributed by atoms with Crippen LogP contribution in [0.3, 0.4) is 0 Å². The highest BCUT2D eigenvalue weighted by atomic mass is 16.4. The lowest BCUT2D eigenvalue weighted by Gasteiger charge is -2.23. The number of carbonyl (C=O) groups is 6. The van der Waals surface area contributed by atoms with Crippen molar-refractivity contribution in [2.24, 2.45) is 11.5 Å². The molecule has 0 saturated carbocycles. The average Bonchev–Trinajstić information content (AvgIpc) is 2.66. The van der Waals surface area contributed by atoms with Crippen molar-refractivity contribution in [2.45, 2.75) is 43.4 Å². The van der Waals surface area contributed by atoms with Gasteiger partial charge in [-0.25, -0.2) is 4.79 Å². The van der Waals surface area contributed by atoms with Crippen molar-refractivity contribution >= 4 is 35.6 Å². The second kappa shape index (κ2) is 13.0. The molecule has 0 unspecified atom stereocenters. The number of hydrogen-bond acceptors (Lipinski definition) is 9. The second-order valence-electron chi connectivity index (χ2n) is 6.10. The average molecular weight is 435 g/mol. The predicted octanol–water partition coefficient (Wildman–Crippen LogP) is -5.42. The van der Waals surface area contributed by atoms with Crippen molar-refractivity contribution in [2.75, 3.05) is 13.2 Å². The van der Waals surface area contributed by atoms with Gasteiger partial charge in [0.2, 0.25) is 23.6 Å². The number of rotatable bonds is 14. The van der Waals surface area contributed by atoms with Gasteiger partial charge in [-0.3, -0.25) is 24.0 Å². The molecule has 0 bridgehead atoms. The summed E-state index contributed by atoms with van der Waals surface area (Å²) >= 11 is 0. The van der Waals surface area contributed by atoms with Crippen LogP contribution in [0.1, 0.15) is 19.3 Å². The van der Waals surface area contributed by atoms with E-state index in [2.05, 4.69) is 0 Å². The highest BCUT2D eigenvalue weighted by molar-refractivity contribution is 5.95. The zero-order valence-electron chi connectivity index (χ0n) is 15.7. The molecule has 0 aliphatic carbocycles. The summed E-state index contributed by atoms with van der Waals surface area (Å²) in [4.78, 5) is 69.1. The third-order valence-corrected chi connectivity index (χ3v) is 3.65. The number of aliphatic carboxylic acids is 2. The number of nitrogens with two attached hydrogens (primary N) is 2. The van der Waals surface area contributed by atoms with Crippen LogP contribution >= 0.6 is 0 Å². The highest BCUT2D eigenvalue weighted by Crippen LogP contribution is 2.01. The van der Waals surface area contributed by atoms with Gasteiger partial charge in [0.25, 0.3) is 0 Å². The Morgan fingerprint density at radius 2 is 1.27 bits per heavy atom. The molecular weight excluding hydrogens is 410 g/mol. The number of primary amides is 1. The predicted molar refractivity (Wildman–Crippen MR) is 96.3 cm³/mol. The summed E-state index contributed by atoms with van der Waals surface area (Å²) in [5.41, 5.74) is 10.2. The van der Waals surface area contributed by atoms with Gasteiger partial charge in [-0.1, -0.05) is 0 Å². The van der Waals surface area contributed by atoms with E-state index in [0.29, 0.717) is 0 Å². The Kier molecular flexibility index (Phi) is 11.6. The van der Waals surface area contributed by atoms with Gasteiger partial charge in [0.15, 0.2) is 0 Å². The fraction of sp³-hybridized carbons (Fsp3) is 0.600. The fourth-order valence-electron chi connectivity index (χ4n) is 2.03. The normalized spacial score (nSPS) is 14.5. The minimum atomic E-state index is -1.78. The van der Waals surface area contributed by atoms with Crippen molar-refractivity contribution in [1.82, 2.24) is 16.0 Å². The molecule has 0 aliphatic rings. The van der Waals surface area contributed by atoms with Crippen LogP contribution < -0.4 is 27.4 Å². The van der Waals surface area contributed by atoms with E-state index >= 15 is 0 Å². The summed E-state index contributed by atoms with van der Waals surface area (Å²) in [6, 6.07) is -6.40. The number of carboxylic acids is 2. The molecule has 0 radical (unpaired) electrons. The number of aliphatic hydroxyl groups is 2. The third-order valence-electron chi connectivity index (χ3n) is 3.65. The molecule has 0 saturated heterocycles. The molecule has 30 heavy (non-hydrogen) atoms. The molecule has 0 rings (SSSR count). The third kappa shape index (κ3) is 9.76. The molecule has 0 heterocycles. The van der Waals surface area contributed by atoms with Crippen LogP contribution in [0.5, 0.6) is 0 Å². The first kappa shape index (κ1) is 26.7. The van der Waals surface area contributed by atoms with Crippen molar-refractivity contribution in [3.63, 3.8) is 0 Å². The lowest BCUT2D eigenvalue weighted by Crippen LogP contribution is -2.58. The molecule has 15 nitrogen and oxygen atoms in total. The number of hydrogen-bond donors (Lipinski definition) is 9. The minimum Gasteiger partial charge on any atom is -0.481 e. The molecule has 4 atom stereocenters. The van der Waals surface area contributed by atoms with Gasteiger partial charge in [-0.15, -0.1) is 0 Å². The zero-order chi connectivity index (χ0) is 23.4. The van der Waals surface area contributed by atoms with Crippen LogP contribution in [-0.4, -0.2) is 93.4 Å². The van der Waals surface area contributed by atoms with E-state index in [1.807, 2.05) is 16.0 Å². The van der Waals surface area contributed by atoms with Crippen LogP contribution in [-0.2, 0) is 28.8 Å². The summed E-state index contributed by atoms with van der Waals surface area (Å²) in [7, 11) is 0. The minimum absolute atomic E-state index is 0.376. The quantitative estimate of drug-likeness (QED) is 0.124. The Hall–Kier alpha value is -3.30. The molecule has 0 aliphatic heterocycles. The lowest BCUT2D eigenvalue weighted by atomic mass is 10.1. The number of amides is 4. The first-order valence-corrected chi connectivity index (χ1v) is 8.54. The second-order valence-corrected chi connectivity index (χ2v) is 6.10. The van der Waals surface area contributed by atoms with Gasteiger partial charge >= 0.3 is 11.9 Å². The maximum atomic E-state index is 12.3. The molecule has 4 amide bonds. The van der Waals surface area contributed by atoms with Crippen LogP contribution in [0.2, 0.25) is 0 Å². The molecule has 0 aromatic rings. The van der Waals surface area contributed by atoms with Crippen LogP contribution in [0.15, 0.2) is 0 Å². The number of aliphatic hydroxyl groups excluding tert-OH is 2. The number of nitrogens with one attached hydrogen (secondary N) is 3. The maximum absolute atomic E-state index is 12.3. The van der Waals surface area contributed by atoms with Gasteiger partial charge < -0.3 is 47.8 Å². The number of carboxylic acid groups (broad SMARTS) is 2. The summed E-state index contributed by atoms with van der Waals surface area (Å²) in [5, 5.41) is 42.1. The Bertz CT molecular complexity index is 670. The number of carbonyl (C=O) groups excluding carboxylic acids is 4. The largest absolute Gasteiger partial charge is 0.481 e. The fourth-order valence-corrected chi connectivity index (χ4v) is 2.03. The summed E-state index contributed by atoms with van der Waals surface area (Å²) in [6.07, 6.45) is -1.71. The van der Waals surface area contributed by atoms with Crippen molar-refractivity contribution < 1.29 is 49.2 Å². The SMILES string of the molecule is NC(=O)CC[C@H](NC(=O)[C@H](CC(=O)O)NC(=O)[C@H](CO)NC(=O)[C@@H](N)CO)C(=O)O. The molecule has 15 heteroatoms. The Labute approximate surface area is 169 Å². The summed E-state index contributed by atoms with van der Waals surface area (Å²) < 4.78 is 0. The summed E-state index contributed by atoms with van der Waals surface area (Å²) in [5.74, 6) is -7.23. The topological polar surface area (TPSA) is 271 Å². The van der Waals surface area contributed by atoms with Crippen LogP contribution in [0.4, 0.5) is 0 Å². The Morgan fingerprint density at radius 1 is 0.767 bits per heavy atom. The van der Waals surface area contributed by atoms with E-state index in [9.17, 15) is 33.9 Å². The van der Waals surface area contributed by atoms with Gasteiger partial charge in [0, 0.05) is 6.42 Å². The molecule has 11 N–H and O–H groups in total. The monoisotopic (exact) mass is 435 g/mol. The van der Waals surface area contributed by atoms with Crippen molar-refractivity contribution in [1.29, 1.82) is 0 Å². The molecule has 0 fully saturated rings. The van der Waals surface area contributed by atoms with Crippen LogP contribution in [0, 0.1) is 0 Å².